The van der Waals surface area contributed by atoms with Crippen molar-refractivity contribution in [2.75, 3.05) is 26.2 Å². The van der Waals surface area contributed by atoms with Crippen LogP contribution in [0.5, 0.6) is 5.75 Å². The number of carbonyl (C=O) groups is 2. The molecule has 1 saturated heterocycles. The van der Waals surface area contributed by atoms with E-state index in [1.807, 2.05) is 31.3 Å². The summed E-state index contributed by atoms with van der Waals surface area (Å²) in [6.07, 6.45) is 6.47. The fraction of sp³-hybridized carbons (Fsp3) is 0.333. The molecule has 4 N–H and O–H groups in total. The fourth-order valence-corrected chi connectivity index (χ4v) is 4.86. The Morgan fingerprint density at radius 2 is 2.00 bits per heavy atom. The number of hydrogen-bond acceptors (Lipinski definition) is 4. The Morgan fingerprint density at radius 3 is 2.78 bits per heavy atom. The van der Waals surface area contributed by atoms with E-state index < -0.39 is 5.54 Å². The number of ether oxygens (including phenoxy) is 1. The van der Waals surface area contributed by atoms with Crippen molar-refractivity contribution >= 4 is 44.7 Å². The zero-order valence-electron chi connectivity index (χ0n) is 20.1. The van der Waals surface area contributed by atoms with Gasteiger partial charge in [0.1, 0.15) is 17.1 Å². The van der Waals surface area contributed by atoms with Crippen LogP contribution in [0.1, 0.15) is 30.9 Å². The van der Waals surface area contributed by atoms with Crippen LogP contribution >= 0.6 is 15.9 Å². The molecule has 2 amide bonds. The number of nitrogens with one attached hydrogen (secondary N) is 4. The Kier molecular flexibility index (Phi) is 8.43. The predicted octanol–water partition coefficient (Wildman–Crippen LogP) is 4.08. The molecule has 0 radical (unpaired) electrons. The van der Waals surface area contributed by atoms with Crippen molar-refractivity contribution in [1.29, 1.82) is 0 Å². The Balaban J connectivity index is 1.41. The summed E-state index contributed by atoms with van der Waals surface area (Å²) in [6.45, 7) is 4.04. The average molecular weight is 557 g/mol. The summed E-state index contributed by atoms with van der Waals surface area (Å²) in [5.41, 5.74) is 1.54. The quantitative estimate of drug-likeness (QED) is 0.299. The van der Waals surface area contributed by atoms with Crippen LogP contribution < -0.4 is 20.7 Å². The van der Waals surface area contributed by atoms with Gasteiger partial charge in [-0.05, 0) is 87.3 Å². The third kappa shape index (κ3) is 6.14. The van der Waals surface area contributed by atoms with E-state index in [9.17, 15) is 14.0 Å². The SMILES string of the molecule is CCOc1ccc(Br)cc1/C=C/C(=O)NC1(C(=O)NCCc2c[nH]c3ccc(F)cc23)CCNCC1. The van der Waals surface area contributed by atoms with E-state index >= 15 is 0 Å². The van der Waals surface area contributed by atoms with Crippen molar-refractivity contribution < 1.29 is 18.7 Å². The summed E-state index contributed by atoms with van der Waals surface area (Å²) < 4.78 is 20.2. The van der Waals surface area contributed by atoms with Gasteiger partial charge in [0.25, 0.3) is 0 Å². The van der Waals surface area contributed by atoms with Gasteiger partial charge < -0.3 is 25.7 Å². The molecule has 7 nitrogen and oxygen atoms in total. The number of hydrogen-bond donors (Lipinski definition) is 4. The highest BCUT2D eigenvalue weighted by molar-refractivity contribution is 9.10. The highest BCUT2D eigenvalue weighted by Crippen LogP contribution is 2.25. The maximum Gasteiger partial charge on any atom is 0.245 e. The lowest BCUT2D eigenvalue weighted by Gasteiger charge is -2.36. The van der Waals surface area contributed by atoms with Crippen LogP contribution in [0.2, 0.25) is 0 Å². The van der Waals surface area contributed by atoms with E-state index in [4.69, 9.17) is 4.74 Å². The lowest BCUT2D eigenvalue weighted by atomic mass is 9.87. The second-order valence-electron chi connectivity index (χ2n) is 8.78. The van der Waals surface area contributed by atoms with Crippen LogP contribution in [0.15, 0.2) is 53.1 Å². The van der Waals surface area contributed by atoms with Gasteiger partial charge in [0.05, 0.1) is 6.61 Å². The third-order valence-electron chi connectivity index (χ3n) is 6.35. The standard InChI is InChI=1S/C27H30BrFN4O3/c1-2-36-24-7-4-20(28)15-18(24)3-8-25(34)33-27(10-13-30-14-11-27)26(35)31-12-9-19-17-32-23-6-5-21(29)16-22(19)23/h3-8,15-17,30,32H,2,9-14H2,1H3,(H,31,35)(H,33,34)/b8-3+. The van der Waals surface area contributed by atoms with Gasteiger partial charge in [-0.3, -0.25) is 9.59 Å². The molecule has 3 aromatic rings. The second kappa shape index (κ2) is 11.7. The van der Waals surface area contributed by atoms with E-state index in [2.05, 4.69) is 36.9 Å². The number of piperidine rings is 1. The van der Waals surface area contributed by atoms with Gasteiger partial charge in [0, 0.05) is 39.8 Å². The monoisotopic (exact) mass is 556 g/mol. The fourth-order valence-electron chi connectivity index (χ4n) is 4.48. The number of aromatic amines is 1. The first kappa shape index (κ1) is 25.9. The van der Waals surface area contributed by atoms with Crippen molar-refractivity contribution in [1.82, 2.24) is 20.9 Å². The summed E-state index contributed by atoms with van der Waals surface area (Å²) in [7, 11) is 0. The topological polar surface area (TPSA) is 95.2 Å². The summed E-state index contributed by atoms with van der Waals surface area (Å²) in [5.74, 6) is -0.180. The Hall–Kier alpha value is -3.17. The molecule has 1 fully saturated rings. The largest absolute Gasteiger partial charge is 0.493 e. The molecule has 0 spiro atoms. The van der Waals surface area contributed by atoms with E-state index in [1.165, 1.54) is 18.2 Å². The number of aromatic nitrogens is 1. The first-order valence-electron chi connectivity index (χ1n) is 12.1. The van der Waals surface area contributed by atoms with Crippen molar-refractivity contribution in [3.63, 3.8) is 0 Å². The Morgan fingerprint density at radius 1 is 1.19 bits per heavy atom. The van der Waals surface area contributed by atoms with Gasteiger partial charge in [-0.2, -0.15) is 0 Å². The molecule has 0 atom stereocenters. The highest BCUT2D eigenvalue weighted by atomic mass is 79.9. The van der Waals surface area contributed by atoms with Gasteiger partial charge >= 0.3 is 0 Å². The number of benzene rings is 2. The normalized spacial score (nSPS) is 15.2. The zero-order valence-corrected chi connectivity index (χ0v) is 21.7. The van der Waals surface area contributed by atoms with Crippen LogP contribution in [-0.4, -0.2) is 48.6 Å². The van der Waals surface area contributed by atoms with Gasteiger partial charge in [-0.15, -0.1) is 0 Å². The third-order valence-corrected chi connectivity index (χ3v) is 6.84. The number of amides is 2. The molecule has 0 unspecified atom stereocenters. The summed E-state index contributed by atoms with van der Waals surface area (Å²) >= 11 is 3.45. The second-order valence-corrected chi connectivity index (χ2v) is 9.70. The molecule has 0 bridgehead atoms. The van der Waals surface area contributed by atoms with Crippen LogP contribution in [0.25, 0.3) is 17.0 Å². The van der Waals surface area contributed by atoms with Gasteiger partial charge in [-0.25, -0.2) is 4.39 Å². The summed E-state index contributed by atoms with van der Waals surface area (Å²) in [4.78, 5) is 29.3. The lowest BCUT2D eigenvalue weighted by Crippen LogP contribution is -2.62. The van der Waals surface area contributed by atoms with Gasteiger partial charge in [0.15, 0.2) is 0 Å². The minimum atomic E-state index is -1.00. The molecule has 0 saturated carbocycles. The van der Waals surface area contributed by atoms with Crippen LogP contribution in [0.3, 0.4) is 0 Å². The minimum absolute atomic E-state index is 0.214. The van der Waals surface area contributed by atoms with Crippen molar-refractivity contribution in [3.05, 3.63) is 70.1 Å². The molecule has 1 aromatic heterocycles. The molecule has 2 heterocycles. The average Bonchev–Trinajstić information content (AvgIpc) is 3.26. The molecule has 4 rings (SSSR count). The molecule has 36 heavy (non-hydrogen) atoms. The number of H-pyrrole nitrogens is 1. The summed E-state index contributed by atoms with van der Waals surface area (Å²) in [6, 6.07) is 10.2. The molecule has 1 aliphatic rings. The van der Waals surface area contributed by atoms with E-state index in [1.54, 1.807) is 12.1 Å². The lowest BCUT2D eigenvalue weighted by molar-refractivity contribution is -0.133. The van der Waals surface area contributed by atoms with Gasteiger partial charge in [-0.1, -0.05) is 15.9 Å². The van der Waals surface area contributed by atoms with Crippen molar-refractivity contribution in [3.8, 4) is 5.75 Å². The van der Waals surface area contributed by atoms with E-state index in [0.29, 0.717) is 51.3 Å². The highest BCUT2D eigenvalue weighted by Gasteiger charge is 2.40. The smallest absolute Gasteiger partial charge is 0.245 e. The maximum absolute atomic E-state index is 13.7. The van der Waals surface area contributed by atoms with Crippen LogP contribution in [-0.2, 0) is 16.0 Å². The Bertz CT molecular complexity index is 1270. The molecule has 1 aliphatic heterocycles. The number of fused-ring (bicyclic) bond motifs is 1. The van der Waals surface area contributed by atoms with Gasteiger partial charge in [0.2, 0.25) is 11.8 Å². The number of carbonyl (C=O) groups excluding carboxylic acids is 2. The molecule has 9 heteroatoms. The van der Waals surface area contributed by atoms with Crippen molar-refractivity contribution in [2.24, 2.45) is 0 Å². The number of halogens is 2. The van der Waals surface area contributed by atoms with Crippen molar-refractivity contribution in [2.45, 2.75) is 31.7 Å². The molecule has 2 aromatic carbocycles. The molecule has 0 aliphatic carbocycles. The van der Waals surface area contributed by atoms with Crippen LogP contribution in [0.4, 0.5) is 4.39 Å². The molecule has 190 valence electrons. The van der Waals surface area contributed by atoms with E-state index in [0.717, 1.165) is 26.5 Å². The number of rotatable bonds is 9. The van der Waals surface area contributed by atoms with E-state index in [-0.39, 0.29) is 17.6 Å². The molecular formula is C27H30BrFN4O3. The predicted molar refractivity (Wildman–Crippen MR) is 142 cm³/mol. The molecular weight excluding hydrogens is 527 g/mol. The minimum Gasteiger partial charge on any atom is -0.493 e. The zero-order chi connectivity index (χ0) is 25.5. The maximum atomic E-state index is 13.7. The first-order chi connectivity index (χ1) is 17.4. The Labute approximate surface area is 218 Å². The van der Waals surface area contributed by atoms with Crippen LogP contribution in [0, 0.1) is 5.82 Å². The summed E-state index contributed by atoms with van der Waals surface area (Å²) in [5, 5.41) is 10.00. The first-order valence-corrected chi connectivity index (χ1v) is 12.9.